The molecule has 2 heterocycles. The Balaban J connectivity index is 1.32. The monoisotopic (exact) mass is 445 g/mol. The quantitative estimate of drug-likeness (QED) is 0.488. The number of carbonyl (C=O) groups excluding carboxylic acids is 1. The summed E-state index contributed by atoms with van der Waals surface area (Å²) in [6.45, 7) is 0. The molecule has 0 aliphatic heterocycles. The lowest BCUT2D eigenvalue weighted by Crippen LogP contribution is -2.30. The van der Waals surface area contributed by atoms with Crippen molar-refractivity contribution in [2.24, 2.45) is 0 Å². The van der Waals surface area contributed by atoms with E-state index in [1.165, 1.54) is 55.2 Å². The fourth-order valence-electron chi connectivity index (χ4n) is 3.39. The molecule has 1 aromatic carbocycles. The molecule has 6 nitrogen and oxygen atoms in total. The number of anilines is 1. The molecular weight excluding hydrogens is 422 g/mol. The predicted molar refractivity (Wildman–Crippen MR) is 120 cm³/mol. The largest absolute Gasteiger partial charge is 0.357 e. The summed E-state index contributed by atoms with van der Waals surface area (Å²) in [5.74, 6) is 0.253. The van der Waals surface area contributed by atoms with Crippen LogP contribution in [0.25, 0.3) is 0 Å². The van der Waals surface area contributed by atoms with Gasteiger partial charge in [-0.3, -0.25) is 4.79 Å². The van der Waals surface area contributed by atoms with Gasteiger partial charge >= 0.3 is 0 Å². The lowest BCUT2D eigenvalue weighted by atomic mass is 9.96. The van der Waals surface area contributed by atoms with Crippen molar-refractivity contribution in [1.29, 1.82) is 0 Å². The minimum absolute atomic E-state index is 0.0453. The van der Waals surface area contributed by atoms with Gasteiger partial charge in [0, 0.05) is 17.6 Å². The molecule has 29 heavy (non-hydrogen) atoms. The summed E-state index contributed by atoms with van der Waals surface area (Å²) < 4.78 is 0.809. The van der Waals surface area contributed by atoms with E-state index in [-0.39, 0.29) is 11.9 Å². The van der Waals surface area contributed by atoms with Gasteiger partial charge in [0.25, 0.3) is 0 Å². The van der Waals surface area contributed by atoms with E-state index in [0.29, 0.717) is 11.8 Å². The minimum atomic E-state index is -0.234. The Kier molecular flexibility index (Phi) is 7.13. The van der Waals surface area contributed by atoms with Crippen molar-refractivity contribution in [3.8, 4) is 0 Å². The fraction of sp³-hybridized carbons (Fsp3) is 0.400. The third-order valence-corrected chi connectivity index (χ3v) is 7.63. The number of carbonyl (C=O) groups is 1. The maximum atomic E-state index is 12.6. The summed E-state index contributed by atoms with van der Waals surface area (Å²) >= 11 is 4.48. The van der Waals surface area contributed by atoms with Crippen molar-refractivity contribution >= 4 is 45.5 Å². The van der Waals surface area contributed by atoms with Gasteiger partial charge in [0.2, 0.25) is 11.0 Å². The Hall–Kier alpha value is -1.97. The van der Waals surface area contributed by atoms with Gasteiger partial charge in [-0.05, 0) is 18.4 Å². The molecule has 1 unspecified atom stereocenters. The van der Waals surface area contributed by atoms with Crippen molar-refractivity contribution in [1.82, 2.24) is 20.5 Å². The Morgan fingerprint density at radius 3 is 2.76 bits per heavy atom. The number of nitrogens with one attached hydrogen (secondary N) is 2. The molecule has 0 radical (unpaired) electrons. The molecule has 2 N–H and O–H groups in total. The Bertz CT molecular complexity index is 894. The first kappa shape index (κ1) is 20.3. The second-order valence-corrected chi connectivity index (χ2v) is 10.0. The summed E-state index contributed by atoms with van der Waals surface area (Å²) in [5, 5.41) is 18.7. The summed E-state index contributed by atoms with van der Waals surface area (Å²) in [5.41, 5.74) is 1.02. The van der Waals surface area contributed by atoms with Crippen LogP contribution in [-0.2, 0) is 4.79 Å². The topological polar surface area (TPSA) is 79.8 Å². The lowest BCUT2D eigenvalue weighted by molar-refractivity contribution is -0.119. The lowest BCUT2D eigenvalue weighted by Gasteiger charge is -2.21. The third-order valence-electron chi connectivity index (χ3n) is 4.80. The van der Waals surface area contributed by atoms with Crippen LogP contribution in [0, 0.1) is 0 Å². The summed E-state index contributed by atoms with van der Waals surface area (Å²) in [6, 6.07) is 10.2. The van der Waals surface area contributed by atoms with Crippen LogP contribution in [-0.4, -0.2) is 32.9 Å². The zero-order valence-electron chi connectivity index (χ0n) is 15.9. The first-order chi connectivity index (χ1) is 14.3. The van der Waals surface area contributed by atoms with Crippen LogP contribution in [0.4, 0.5) is 5.13 Å². The van der Waals surface area contributed by atoms with Crippen molar-refractivity contribution in [2.45, 2.75) is 48.5 Å². The Morgan fingerprint density at radius 2 is 2.00 bits per heavy atom. The molecule has 1 amide bonds. The first-order valence-electron chi connectivity index (χ1n) is 9.74. The van der Waals surface area contributed by atoms with Gasteiger partial charge in [0.1, 0.15) is 11.0 Å². The van der Waals surface area contributed by atoms with Crippen molar-refractivity contribution in [2.75, 3.05) is 11.1 Å². The van der Waals surface area contributed by atoms with Gasteiger partial charge < -0.3 is 10.6 Å². The van der Waals surface area contributed by atoms with Crippen molar-refractivity contribution in [3.05, 3.63) is 52.5 Å². The van der Waals surface area contributed by atoms with Gasteiger partial charge in [-0.2, -0.15) is 0 Å². The van der Waals surface area contributed by atoms with E-state index in [9.17, 15) is 4.79 Å². The number of thiazole rings is 1. The molecule has 2 aromatic heterocycles. The summed E-state index contributed by atoms with van der Waals surface area (Å²) in [6.07, 6.45) is 8.04. The molecule has 0 bridgehead atoms. The van der Waals surface area contributed by atoms with Crippen LogP contribution in [0.15, 0.2) is 46.2 Å². The smallest absolute Gasteiger partial charge is 0.231 e. The van der Waals surface area contributed by atoms with E-state index < -0.39 is 0 Å². The highest BCUT2D eigenvalue weighted by atomic mass is 32.2. The maximum Gasteiger partial charge on any atom is 0.231 e. The van der Waals surface area contributed by atoms with Crippen LogP contribution < -0.4 is 10.6 Å². The number of rotatable bonds is 8. The molecule has 1 fully saturated rings. The molecule has 3 aromatic rings. The van der Waals surface area contributed by atoms with Gasteiger partial charge in [-0.1, -0.05) is 72.7 Å². The Labute approximate surface area is 182 Å². The van der Waals surface area contributed by atoms with Gasteiger partial charge in [0.15, 0.2) is 4.34 Å². The third kappa shape index (κ3) is 5.77. The zero-order valence-corrected chi connectivity index (χ0v) is 18.4. The van der Waals surface area contributed by atoms with Crippen molar-refractivity contribution < 1.29 is 4.79 Å². The number of hydrogen-bond donors (Lipinski definition) is 2. The molecule has 0 saturated heterocycles. The second kappa shape index (κ2) is 10.2. The number of benzene rings is 1. The Morgan fingerprint density at radius 1 is 1.17 bits per heavy atom. The second-order valence-electron chi connectivity index (χ2n) is 6.92. The molecular formula is C20H23N5OS3. The highest BCUT2D eigenvalue weighted by Crippen LogP contribution is 2.29. The molecule has 0 spiro atoms. The predicted octanol–water partition coefficient (Wildman–Crippen LogP) is 4.74. The van der Waals surface area contributed by atoms with E-state index in [1.54, 1.807) is 17.5 Å². The highest BCUT2D eigenvalue weighted by Gasteiger charge is 2.20. The van der Waals surface area contributed by atoms with E-state index in [2.05, 4.69) is 25.8 Å². The zero-order chi connectivity index (χ0) is 19.9. The average Bonchev–Trinajstić information content (AvgIpc) is 3.44. The number of nitrogens with zero attached hydrogens (tertiary/aromatic N) is 3. The van der Waals surface area contributed by atoms with Crippen LogP contribution >= 0.6 is 34.4 Å². The molecule has 1 aliphatic rings. The first-order valence-corrected chi connectivity index (χ1v) is 12.4. The van der Waals surface area contributed by atoms with E-state index >= 15 is 0 Å². The van der Waals surface area contributed by atoms with Crippen LogP contribution in [0.2, 0.25) is 0 Å². The molecule has 1 saturated carbocycles. The number of amides is 1. The highest BCUT2D eigenvalue weighted by molar-refractivity contribution is 8.01. The molecule has 1 aliphatic carbocycles. The summed E-state index contributed by atoms with van der Waals surface area (Å²) in [7, 11) is 0. The van der Waals surface area contributed by atoms with E-state index in [1.807, 2.05) is 35.7 Å². The minimum Gasteiger partial charge on any atom is -0.357 e. The normalized spacial score (nSPS) is 15.7. The maximum absolute atomic E-state index is 12.6. The van der Waals surface area contributed by atoms with E-state index in [4.69, 9.17) is 0 Å². The van der Waals surface area contributed by atoms with Crippen LogP contribution in [0.1, 0.15) is 48.7 Å². The SMILES string of the molecule is O=C(CSc1nnc(NC2CCCCC2)s1)NC(c1ccccc1)c1nccs1. The van der Waals surface area contributed by atoms with E-state index in [0.717, 1.165) is 20.0 Å². The van der Waals surface area contributed by atoms with Crippen LogP contribution in [0.5, 0.6) is 0 Å². The number of hydrogen-bond acceptors (Lipinski definition) is 8. The fourth-order valence-corrected chi connectivity index (χ4v) is 5.74. The van der Waals surface area contributed by atoms with Gasteiger partial charge in [-0.25, -0.2) is 4.98 Å². The number of thioether (sulfide) groups is 1. The molecule has 4 rings (SSSR count). The van der Waals surface area contributed by atoms with Gasteiger partial charge in [0.05, 0.1) is 5.75 Å². The average molecular weight is 446 g/mol. The molecule has 9 heteroatoms. The molecule has 1 atom stereocenters. The van der Waals surface area contributed by atoms with Crippen molar-refractivity contribution in [3.63, 3.8) is 0 Å². The van der Waals surface area contributed by atoms with Gasteiger partial charge in [-0.15, -0.1) is 21.5 Å². The summed E-state index contributed by atoms with van der Waals surface area (Å²) in [4.78, 5) is 17.0. The van der Waals surface area contributed by atoms with Crippen LogP contribution in [0.3, 0.4) is 0 Å². The number of aromatic nitrogens is 3. The standard InChI is InChI=1S/C20H23N5OS3/c26-16(23-17(18-21-11-12-27-18)14-7-3-1-4-8-14)13-28-20-25-24-19(29-20)22-15-9-5-2-6-10-15/h1,3-4,7-8,11-12,15,17H,2,5-6,9-10,13H2,(H,22,24)(H,23,26). The molecule has 152 valence electrons.